The Labute approximate surface area is 188 Å². The van der Waals surface area contributed by atoms with E-state index in [0.29, 0.717) is 26.5 Å². The summed E-state index contributed by atoms with van der Waals surface area (Å²) in [6.07, 6.45) is 3.05. The normalized spacial score (nSPS) is 16.5. The first-order valence-electron chi connectivity index (χ1n) is 9.93. The topological polar surface area (TPSA) is 91.8 Å². The maximum absolute atomic E-state index is 13.0. The van der Waals surface area contributed by atoms with Crippen molar-refractivity contribution in [2.75, 3.05) is 13.6 Å². The van der Waals surface area contributed by atoms with Crippen LogP contribution >= 0.6 is 22.9 Å². The van der Waals surface area contributed by atoms with Crippen LogP contribution < -0.4 is 10.1 Å². The number of aliphatic hydroxyl groups excluding tert-OH is 1. The number of carbonyl (C=O) groups is 2. The number of hydrogen-bond donors (Lipinski definition) is 2. The molecule has 1 aliphatic heterocycles. The van der Waals surface area contributed by atoms with Gasteiger partial charge in [-0.15, -0.1) is 11.3 Å². The molecule has 0 saturated carbocycles. The second-order valence-corrected chi connectivity index (χ2v) is 9.01. The molecule has 0 aliphatic carbocycles. The molecule has 0 spiro atoms. The quantitative estimate of drug-likeness (QED) is 0.549. The molecule has 162 valence electrons. The molecular formula is C22H22ClN3O4S. The van der Waals surface area contributed by atoms with Gasteiger partial charge in [0.1, 0.15) is 16.4 Å². The van der Waals surface area contributed by atoms with Crippen LogP contribution in [0.4, 0.5) is 0 Å². The highest BCUT2D eigenvalue weighted by Crippen LogP contribution is 2.35. The van der Waals surface area contributed by atoms with Gasteiger partial charge < -0.3 is 15.2 Å². The first kappa shape index (κ1) is 21.7. The van der Waals surface area contributed by atoms with Crippen LogP contribution in [0.25, 0.3) is 10.2 Å². The summed E-state index contributed by atoms with van der Waals surface area (Å²) in [5.41, 5.74) is 1.06. The van der Waals surface area contributed by atoms with Crippen LogP contribution in [0.2, 0.25) is 5.02 Å². The van der Waals surface area contributed by atoms with E-state index in [-0.39, 0.29) is 30.5 Å². The van der Waals surface area contributed by atoms with Crippen LogP contribution in [0.15, 0.2) is 36.5 Å². The third-order valence-corrected chi connectivity index (χ3v) is 6.61. The minimum absolute atomic E-state index is 0.155. The van der Waals surface area contributed by atoms with Gasteiger partial charge in [-0.25, -0.2) is 9.78 Å². The van der Waals surface area contributed by atoms with Gasteiger partial charge in [0, 0.05) is 22.6 Å². The third kappa shape index (κ3) is 4.72. The molecule has 7 nitrogen and oxygen atoms in total. The zero-order valence-electron chi connectivity index (χ0n) is 16.9. The van der Waals surface area contributed by atoms with Crippen molar-refractivity contribution in [3.63, 3.8) is 0 Å². The Kier molecular flexibility index (Phi) is 6.52. The van der Waals surface area contributed by atoms with Crippen molar-refractivity contribution >= 4 is 45.0 Å². The van der Waals surface area contributed by atoms with Crippen LogP contribution in [0.5, 0.6) is 5.75 Å². The van der Waals surface area contributed by atoms with Gasteiger partial charge in [-0.1, -0.05) is 23.7 Å². The number of aromatic nitrogens is 1. The molecular weight excluding hydrogens is 438 g/mol. The smallest absolute Gasteiger partial charge is 0.328 e. The average Bonchev–Trinajstić information content (AvgIpc) is 3.39. The van der Waals surface area contributed by atoms with E-state index < -0.39 is 11.9 Å². The Balaban J connectivity index is 1.63. The lowest BCUT2D eigenvalue weighted by Crippen LogP contribution is -2.36. The van der Waals surface area contributed by atoms with Crippen molar-refractivity contribution in [3.05, 3.63) is 57.6 Å². The highest BCUT2D eigenvalue weighted by molar-refractivity contribution is 7.18. The highest BCUT2D eigenvalue weighted by atomic mass is 35.5. The number of likely N-dealkylation sites (tertiary alicyclic amines) is 1. The van der Waals surface area contributed by atoms with Crippen LogP contribution in [0.1, 0.15) is 33.6 Å². The van der Waals surface area contributed by atoms with Crippen molar-refractivity contribution in [1.29, 1.82) is 0 Å². The molecule has 31 heavy (non-hydrogen) atoms. The Morgan fingerprint density at radius 3 is 2.81 bits per heavy atom. The fourth-order valence-corrected chi connectivity index (χ4v) is 4.61. The molecule has 4 rings (SSSR count). The molecule has 2 N–H and O–H groups in total. The number of hydrogen-bond acceptors (Lipinski definition) is 7. The molecule has 0 radical (unpaired) electrons. The van der Waals surface area contributed by atoms with E-state index in [9.17, 15) is 14.7 Å². The van der Waals surface area contributed by atoms with Crippen LogP contribution in [0.3, 0.4) is 0 Å². The predicted octanol–water partition coefficient (Wildman–Crippen LogP) is 3.37. The summed E-state index contributed by atoms with van der Waals surface area (Å²) in [5, 5.41) is 13.5. The average molecular weight is 460 g/mol. The monoisotopic (exact) mass is 459 g/mol. The summed E-state index contributed by atoms with van der Waals surface area (Å²) in [7, 11) is 1.88. The van der Waals surface area contributed by atoms with Crippen molar-refractivity contribution in [2.24, 2.45) is 0 Å². The lowest BCUT2D eigenvalue weighted by atomic mass is 10.1. The number of halogens is 1. The van der Waals surface area contributed by atoms with E-state index in [1.807, 2.05) is 24.1 Å². The molecule has 2 aromatic heterocycles. The summed E-state index contributed by atoms with van der Waals surface area (Å²) in [4.78, 5) is 33.4. The largest absolute Gasteiger partial charge is 0.424 e. The zero-order chi connectivity index (χ0) is 22.0. The number of aliphatic hydroxyl groups is 1. The molecule has 1 unspecified atom stereocenters. The number of fused-ring (bicyclic) bond motifs is 1. The highest BCUT2D eigenvalue weighted by Gasteiger charge is 2.31. The molecule has 3 heterocycles. The number of nitrogens with zero attached hydrogens (tertiary/aromatic N) is 2. The number of esters is 1. The number of amides is 1. The van der Waals surface area contributed by atoms with E-state index in [4.69, 9.17) is 16.3 Å². The zero-order valence-corrected chi connectivity index (χ0v) is 18.5. The van der Waals surface area contributed by atoms with Gasteiger partial charge in [-0.3, -0.25) is 9.69 Å². The SMILES string of the molecule is CN1CCCC1C(=O)Oc1c(C(=O)NCc2ccc(Cl)cc2)cnc2sc(CO)cc12. The van der Waals surface area contributed by atoms with E-state index >= 15 is 0 Å². The summed E-state index contributed by atoms with van der Waals surface area (Å²) in [5.74, 6) is -0.612. The standard InChI is InChI=1S/C22H22ClN3O4S/c1-26-8-2-3-18(26)22(29)30-19-16-9-15(12-27)31-21(16)25-11-17(19)20(28)24-10-13-4-6-14(23)7-5-13/h4-7,9,11,18,27H,2-3,8,10,12H2,1H3,(H,24,28). The maximum atomic E-state index is 13.0. The van der Waals surface area contributed by atoms with Crippen molar-refractivity contribution < 1.29 is 19.4 Å². The lowest BCUT2D eigenvalue weighted by molar-refractivity contribution is -0.138. The van der Waals surface area contributed by atoms with Crippen LogP contribution in [-0.4, -0.2) is 46.5 Å². The first-order chi connectivity index (χ1) is 15.0. The molecule has 1 aliphatic rings. The van der Waals surface area contributed by atoms with Crippen LogP contribution in [-0.2, 0) is 17.9 Å². The molecule has 0 bridgehead atoms. The maximum Gasteiger partial charge on any atom is 0.328 e. The van der Waals surface area contributed by atoms with E-state index in [1.54, 1.807) is 18.2 Å². The molecule has 1 aromatic carbocycles. The Bertz CT molecular complexity index is 1120. The summed E-state index contributed by atoms with van der Waals surface area (Å²) in [6, 6.07) is 8.53. The minimum atomic E-state index is -0.399. The first-order valence-corrected chi connectivity index (χ1v) is 11.1. The predicted molar refractivity (Wildman–Crippen MR) is 119 cm³/mol. The van der Waals surface area contributed by atoms with E-state index in [2.05, 4.69) is 10.3 Å². The van der Waals surface area contributed by atoms with Gasteiger partial charge >= 0.3 is 5.97 Å². The Morgan fingerprint density at radius 2 is 2.13 bits per heavy atom. The molecule has 1 amide bonds. The van der Waals surface area contributed by atoms with Crippen LogP contribution in [0, 0.1) is 0 Å². The summed E-state index contributed by atoms with van der Waals surface area (Å²) >= 11 is 7.20. The number of rotatable bonds is 6. The second-order valence-electron chi connectivity index (χ2n) is 7.46. The number of pyridine rings is 1. The fourth-order valence-electron chi connectivity index (χ4n) is 3.62. The number of nitrogens with one attached hydrogen (secondary N) is 1. The third-order valence-electron chi connectivity index (χ3n) is 5.33. The Morgan fingerprint density at radius 1 is 1.35 bits per heavy atom. The molecule has 1 fully saturated rings. The number of carbonyl (C=O) groups excluding carboxylic acids is 2. The number of benzene rings is 1. The summed E-state index contributed by atoms with van der Waals surface area (Å²) < 4.78 is 5.79. The van der Waals surface area contributed by atoms with Crippen molar-refractivity contribution in [1.82, 2.24) is 15.2 Å². The van der Waals surface area contributed by atoms with Gasteiger partial charge in [0.25, 0.3) is 5.91 Å². The second kappa shape index (κ2) is 9.32. The molecule has 3 aromatic rings. The number of ether oxygens (including phenoxy) is 1. The van der Waals surface area contributed by atoms with Gasteiger partial charge in [0.05, 0.1) is 12.0 Å². The van der Waals surface area contributed by atoms with Gasteiger partial charge in [-0.05, 0) is 50.2 Å². The minimum Gasteiger partial charge on any atom is -0.424 e. The van der Waals surface area contributed by atoms with Gasteiger partial charge in [-0.2, -0.15) is 0 Å². The molecule has 9 heteroatoms. The number of likely N-dealkylation sites (N-methyl/N-ethyl adjacent to an activating group) is 1. The van der Waals surface area contributed by atoms with E-state index in [0.717, 1.165) is 18.5 Å². The summed E-state index contributed by atoms with van der Waals surface area (Å²) in [6.45, 7) is 0.962. The molecule has 1 atom stereocenters. The lowest BCUT2D eigenvalue weighted by Gasteiger charge is -2.19. The van der Waals surface area contributed by atoms with E-state index in [1.165, 1.54) is 17.5 Å². The Hall–Kier alpha value is -2.52. The van der Waals surface area contributed by atoms with Crippen molar-refractivity contribution in [3.8, 4) is 5.75 Å². The number of thiophene rings is 1. The van der Waals surface area contributed by atoms with Gasteiger partial charge in [0.2, 0.25) is 0 Å². The van der Waals surface area contributed by atoms with Gasteiger partial charge in [0.15, 0.2) is 5.75 Å². The molecule has 1 saturated heterocycles. The van der Waals surface area contributed by atoms with Crippen molar-refractivity contribution in [2.45, 2.75) is 32.0 Å². The fraction of sp³-hybridized carbons (Fsp3) is 0.318.